The van der Waals surface area contributed by atoms with Gasteiger partial charge in [-0.25, -0.2) is 0 Å². The minimum absolute atomic E-state index is 0.569. The number of nitrogens with two attached hydrogens (primary N) is 1. The molecule has 0 amide bonds. The number of aromatic amines is 1. The third-order valence-electron chi connectivity index (χ3n) is 3.40. The fourth-order valence-corrected chi connectivity index (χ4v) is 2.17. The van der Waals surface area contributed by atoms with Gasteiger partial charge in [0.15, 0.2) is 0 Å². The monoisotopic (exact) mass is 216 g/mol. The molecule has 2 rings (SSSR count). The molecular weight excluding hydrogens is 196 g/mol. The summed E-state index contributed by atoms with van der Waals surface area (Å²) in [6, 6.07) is 8.44. The maximum atomic E-state index is 5.82. The van der Waals surface area contributed by atoms with Crippen LogP contribution in [-0.2, 0) is 6.42 Å². The van der Waals surface area contributed by atoms with Gasteiger partial charge in [-0.1, -0.05) is 32.0 Å². The van der Waals surface area contributed by atoms with Gasteiger partial charge in [0, 0.05) is 17.1 Å². The third-order valence-corrected chi connectivity index (χ3v) is 3.40. The molecular formula is C14H20N2. The maximum absolute atomic E-state index is 5.82. The van der Waals surface area contributed by atoms with Crippen molar-refractivity contribution in [2.75, 3.05) is 6.54 Å². The van der Waals surface area contributed by atoms with E-state index in [0.717, 1.165) is 13.0 Å². The summed E-state index contributed by atoms with van der Waals surface area (Å²) < 4.78 is 0. The number of benzene rings is 1. The van der Waals surface area contributed by atoms with Gasteiger partial charge in [-0.3, -0.25) is 0 Å². The average Bonchev–Trinajstić information content (AvgIpc) is 2.69. The Bertz CT molecular complexity index is 456. The third kappa shape index (κ3) is 2.12. The fraction of sp³-hybridized carbons (Fsp3) is 0.429. The van der Waals surface area contributed by atoms with E-state index in [-0.39, 0.29) is 0 Å². The molecule has 1 unspecified atom stereocenters. The molecule has 0 aliphatic carbocycles. The lowest BCUT2D eigenvalue weighted by Gasteiger charge is -2.18. The van der Waals surface area contributed by atoms with E-state index in [9.17, 15) is 0 Å². The first-order valence-corrected chi connectivity index (χ1v) is 5.97. The van der Waals surface area contributed by atoms with Crippen molar-refractivity contribution in [3.05, 3.63) is 36.0 Å². The van der Waals surface area contributed by atoms with Crippen LogP contribution in [0.1, 0.15) is 19.4 Å². The molecule has 16 heavy (non-hydrogen) atoms. The van der Waals surface area contributed by atoms with E-state index in [1.54, 1.807) is 0 Å². The molecule has 1 aromatic heterocycles. The Hall–Kier alpha value is -1.28. The zero-order chi connectivity index (χ0) is 11.5. The standard InChI is InChI=1S/C14H20N2/c1-10(2)11(8-15)7-12-9-16-14-6-4-3-5-13(12)14/h3-6,9-11,16H,7-8,15H2,1-2H3. The molecule has 0 saturated carbocycles. The zero-order valence-electron chi connectivity index (χ0n) is 10.0. The Kier molecular flexibility index (Phi) is 3.30. The number of aromatic nitrogens is 1. The highest BCUT2D eigenvalue weighted by Gasteiger charge is 2.14. The van der Waals surface area contributed by atoms with Gasteiger partial charge in [-0.15, -0.1) is 0 Å². The normalized spacial score (nSPS) is 13.5. The Labute approximate surface area is 96.9 Å². The number of hydrogen-bond donors (Lipinski definition) is 2. The van der Waals surface area contributed by atoms with Crippen LogP contribution in [0.15, 0.2) is 30.5 Å². The van der Waals surface area contributed by atoms with Gasteiger partial charge in [0.05, 0.1) is 0 Å². The summed E-state index contributed by atoms with van der Waals surface area (Å²) in [5.74, 6) is 1.21. The van der Waals surface area contributed by atoms with E-state index in [0.29, 0.717) is 11.8 Å². The van der Waals surface area contributed by atoms with Crippen molar-refractivity contribution >= 4 is 10.9 Å². The van der Waals surface area contributed by atoms with Gasteiger partial charge >= 0.3 is 0 Å². The summed E-state index contributed by atoms with van der Waals surface area (Å²) in [5.41, 5.74) is 8.43. The number of rotatable bonds is 4. The lowest BCUT2D eigenvalue weighted by atomic mass is 9.89. The van der Waals surface area contributed by atoms with Crippen LogP contribution < -0.4 is 5.73 Å². The minimum Gasteiger partial charge on any atom is -0.361 e. The van der Waals surface area contributed by atoms with Gasteiger partial charge in [-0.2, -0.15) is 0 Å². The Morgan fingerprint density at radius 1 is 1.25 bits per heavy atom. The second-order valence-corrected chi connectivity index (χ2v) is 4.80. The molecule has 0 spiro atoms. The number of fused-ring (bicyclic) bond motifs is 1. The molecule has 0 aliphatic heterocycles. The van der Waals surface area contributed by atoms with Crippen LogP contribution in [0.2, 0.25) is 0 Å². The van der Waals surface area contributed by atoms with Crippen molar-refractivity contribution in [1.82, 2.24) is 4.98 Å². The second-order valence-electron chi connectivity index (χ2n) is 4.80. The topological polar surface area (TPSA) is 41.8 Å². The molecule has 2 heteroatoms. The lowest BCUT2D eigenvalue weighted by molar-refractivity contribution is 0.393. The van der Waals surface area contributed by atoms with Crippen LogP contribution in [-0.4, -0.2) is 11.5 Å². The zero-order valence-corrected chi connectivity index (χ0v) is 10.0. The molecule has 0 saturated heterocycles. The van der Waals surface area contributed by atoms with Crippen LogP contribution in [0.3, 0.4) is 0 Å². The van der Waals surface area contributed by atoms with Crippen LogP contribution >= 0.6 is 0 Å². The van der Waals surface area contributed by atoms with Gasteiger partial charge in [0.25, 0.3) is 0 Å². The van der Waals surface area contributed by atoms with Crippen LogP contribution in [0.5, 0.6) is 0 Å². The fourth-order valence-electron chi connectivity index (χ4n) is 2.17. The van der Waals surface area contributed by atoms with Crippen molar-refractivity contribution in [1.29, 1.82) is 0 Å². The van der Waals surface area contributed by atoms with E-state index in [1.807, 2.05) is 0 Å². The smallest absolute Gasteiger partial charge is 0.0456 e. The van der Waals surface area contributed by atoms with Crippen molar-refractivity contribution in [2.45, 2.75) is 20.3 Å². The lowest BCUT2D eigenvalue weighted by Crippen LogP contribution is -2.21. The first-order chi connectivity index (χ1) is 7.72. The van der Waals surface area contributed by atoms with Crippen LogP contribution in [0, 0.1) is 11.8 Å². The van der Waals surface area contributed by atoms with Gasteiger partial charge in [0.2, 0.25) is 0 Å². The molecule has 86 valence electrons. The maximum Gasteiger partial charge on any atom is 0.0456 e. The highest BCUT2D eigenvalue weighted by Crippen LogP contribution is 2.23. The largest absolute Gasteiger partial charge is 0.361 e. The van der Waals surface area contributed by atoms with E-state index in [2.05, 4.69) is 49.3 Å². The number of hydrogen-bond acceptors (Lipinski definition) is 1. The molecule has 1 aromatic carbocycles. The Morgan fingerprint density at radius 2 is 2.00 bits per heavy atom. The number of nitrogens with one attached hydrogen (secondary N) is 1. The van der Waals surface area contributed by atoms with Crippen LogP contribution in [0.25, 0.3) is 10.9 Å². The first kappa shape index (κ1) is 11.2. The number of H-pyrrole nitrogens is 1. The Balaban J connectivity index is 2.27. The van der Waals surface area contributed by atoms with Gasteiger partial charge < -0.3 is 10.7 Å². The van der Waals surface area contributed by atoms with E-state index in [4.69, 9.17) is 5.73 Å². The summed E-state index contributed by atoms with van der Waals surface area (Å²) in [5, 5.41) is 1.33. The quantitative estimate of drug-likeness (QED) is 0.810. The van der Waals surface area contributed by atoms with Crippen molar-refractivity contribution < 1.29 is 0 Å². The second kappa shape index (κ2) is 4.71. The highest BCUT2D eigenvalue weighted by atomic mass is 14.7. The molecule has 0 aliphatic rings. The molecule has 2 aromatic rings. The van der Waals surface area contributed by atoms with Gasteiger partial charge in [0.1, 0.15) is 0 Å². The molecule has 3 N–H and O–H groups in total. The average molecular weight is 216 g/mol. The van der Waals surface area contributed by atoms with E-state index in [1.165, 1.54) is 16.5 Å². The summed E-state index contributed by atoms with van der Waals surface area (Å²) in [6.07, 6.45) is 3.19. The molecule has 1 atom stereocenters. The molecule has 1 heterocycles. The minimum atomic E-state index is 0.569. The van der Waals surface area contributed by atoms with Gasteiger partial charge in [-0.05, 0) is 36.4 Å². The summed E-state index contributed by atoms with van der Waals surface area (Å²) in [4.78, 5) is 3.32. The highest BCUT2D eigenvalue weighted by molar-refractivity contribution is 5.83. The van der Waals surface area contributed by atoms with Crippen molar-refractivity contribution in [3.8, 4) is 0 Å². The van der Waals surface area contributed by atoms with Crippen molar-refractivity contribution in [3.63, 3.8) is 0 Å². The predicted octanol–water partition coefficient (Wildman–Crippen LogP) is 2.94. The molecule has 0 fully saturated rings. The predicted molar refractivity (Wildman–Crippen MR) is 69.4 cm³/mol. The molecule has 2 nitrogen and oxygen atoms in total. The van der Waals surface area contributed by atoms with E-state index < -0.39 is 0 Å². The summed E-state index contributed by atoms with van der Waals surface area (Å²) >= 11 is 0. The summed E-state index contributed by atoms with van der Waals surface area (Å²) in [6.45, 7) is 5.25. The van der Waals surface area contributed by atoms with E-state index >= 15 is 0 Å². The molecule has 0 radical (unpaired) electrons. The number of para-hydroxylation sites is 1. The molecule has 0 bridgehead atoms. The van der Waals surface area contributed by atoms with Crippen LogP contribution in [0.4, 0.5) is 0 Å². The SMILES string of the molecule is CC(C)C(CN)Cc1c[nH]c2ccccc12. The first-order valence-electron chi connectivity index (χ1n) is 5.97. The summed E-state index contributed by atoms with van der Waals surface area (Å²) in [7, 11) is 0. The van der Waals surface area contributed by atoms with Crippen molar-refractivity contribution in [2.24, 2.45) is 17.6 Å². The Morgan fingerprint density at radius 3 is 2.69 bits per heavy atom.